The van der Waals surface area contributed by atoms with Gasteiger partial charge in [0.1, 0.15) is 0 Å². The van der Waals surface area contributed by atoms with Crippen LogP contribution in [0.4, 0.5) is 0 Å². The Hall–Kier alpha value is -0.460. The predicted molar refractivity (Wildman–Crippen MR) is 104 cm³/mol. The molecule has 0 bridgehead atoms. The number of rotatable bonds is 6. The van der Waals surface area contributed by atoms with E-state index in [-0.39, 0.29) is 48.3 Å². The van der Waals surface area contributed by atoms with Gasteiger partial charge in [-0.1, -0.05) is 30.3 Å². The minimum atomic E-state index is -0.156. The van der Waals surface area contributed by atoms with Crippen molar-refractivity contribution in [3.63, 3.8) is 0 Å². The molecule has 7 heteroatoms. The molecule has 0 spiro atoms. The Bertz CT molecular complexity index is 468. The first-order valence-electron chi connectivity index (χ1n) is 7.39. The first kappa shape index (κ1) is 22.5. The molecule has 1 aromatic carbocycles. The van der Waals surface area contributed by atoms with E-state index in [0.717, 1.165) is 11.6 Å². The van der Waals surface area contributed by atoms with Crippen molar-refractivity contribution < 1.29 is 4.79 Å². The van der Waals surface area contributed by atoms with Crippen LogP contribution < -0.4 is 16.0 Å². The number of carbonyl (C=O) groups excluding carboxylic acids is 1. The summed E-state index contributed by atoms with van der Waals surface area (Å²) in [7, 11) is 0. The van der Waals surface area contributed by atoms with Crippen LogP contribution in [-0.4, -0.2) is 35.7 Å². The highest BCUT2D eigenvalue weighted by molar-refractivity contribution is 7.99. The number of carbonyl (C=O) groups is 1. The van der Waals surface area contributed by atoms with Gasteiger partial charge in [-0.15, -0.1) is 36.6 Å². The molecule has 1 amide bonds. The minimum absolute atomic E-state index is 0. The summed E-state index contributed by atoms with van der Waals surface area (Å²) < 4.78 is 0. The van der Waals surface area contributed by atoms with E-state index in [4.69, 9.17) is 0 Å². The fourth-order valence-electron chi connectivity index (χ4n) is 2.46. The molecule has 23 heavy (non-hydrogen) atoms. The Morgan fingerprint density at radius 1 is 1.35 bits per heavy atom. The lowest BCUT2D eigenvalue weighted by atomic mass is 10.0. The smallest absolute Gasteiger partial charge is 0.238 e. The maximum Gasteiger partial charge on any atom is 0.238 e. The summed E-state index contributed by atoms with van der Waals surface area (Å²) in [5.74, 6) is 1.83. The van der Waals surface area contributed by atoms with E-state index >= 15 is 0 Å². The van der Waals surface area contributed by atoms with Gasteiger partial charge >= 0.3 is 0 Å². The summed E-state index contributed by atoms with van der Waals surface area (Å²) in [5, 5.41) is 9.81. The number of benzene rings is 1. The fourth-order valence-corrected chi connectivity index (χ4v) is 3.40. The van der Waals surface area contributed by atoms with Crippen LogP contribution in [0.25, 0.3) is 0 Å². The van der Waals surface area contributed by atoms with Crippen LogP contribution in [-0.2, 0) is 4.79 Å². The van der Waals surface area contributed by atoms with Crippen LogP contribution in [0, 0.1) is 0 Å². The Morgan fingerprint density at radius 3 is 2.57 bits per heavy atom. The maximum absolute atomic E-state index is 12.0. The van der Waals surface area contributed by atoms with Crippen molar-refractivity contribution in [2.75, 3.05) is 18.2 Å². The number of nitrogens with one attached hydrogen (secondary N) is 3. The van der Waals surface area contributed by atoms with E-state index in [1.165, 1.54) is 5.56 Å². The third-order valence-electron chi connectivity index (χ3n) is 3.64. The second kappa shape index (κ2) is 10.4. The number of hydrogen-bond acceptors (Lipinski definition) is 4. The second-order valence-corrected chi connectivity index (χ2v) is 7.18. The van der Waals surface area contributed by atoms with Crippen LogP contribution in [0.2, 0.25) is 0 Å². The molecule has 3 N–H and O–H groups in total. The Labute approximate surface area is 155 Å². The number of amides is 1. The maximum atomic E-state index is 12.0. The quantitative estimate of drug-likeness (QED) is 0.711. The molecule has 1 fully saturated rings. The summed E-state index contributed by atoms with van der Waals surface area (Å²) in [4.78, 5) is 12.0. The molecule has 2 rings (SSSR count). The van der Waals surface area contributed by atoms with Crippen molar-refractivity contribution >= 4 is 42.5 Å². The Morgan fingerprint density at radius 2 is 2.00 bits per heavy atom. The molecule has 0 aromatic heterocycles. The molecule has 2 atom stereocenters. The van der Waals surface area contributed by atoms with Gasteiger partial charge in [0.25, 0.3) is 0 Å². The average molecular weight is 380 g/mol. The molecule has 1 saturated heterocycles. The topological polar surface area (TPSA) is 53.2 Å². The molecule has 1 aliphatic heterocycles. The third-order valence-corrected chi connectivity index (χ3v) is 4.58. The number of thioether (sulfide) groups is 1. The average Bonchev–Trinajstić information content (AvgIpc) is 2.99. The monoisotopic (exact) mass is 379 g/mol. The zero-order chi connectivity index (χ0) is 15.3. The summed E-state index contributed by atoms with van der Waals surface area (Å²) in [6.45, 7) is 6.99. The van der Waals surface area contributed by atoms with Crippen molar-refractivity contribution in [2.45, 2.75) is 38.4 Å². The highest BCUT2D eigenvalue weighted by Crippen LogP contribution is 2.16. The molecule has 132 valence electrons. The zero-order valence-corrected chi connectivity index (χ0v) is 16.2. The molecule has 4 nitrogen and oxygen atoms in total. The van der Waals surface area contributed by atoms with Crippen molar-refractivity contribution in [2.24, 2.45) is 0 Å². The lowest BCUT2D eigenvalue weighted by Gasteiger charge is -2.31. The van der Waals surface area contributed by atoms with Crippen molar-refractivity contribution in [1.82, 2.24) is 16.0 Å². The molecule has 1 heterocycles. The molecule has 2 unspecified atom stereocenters. The van der Waals surface area contributed by atoms with Crippen molar-refractivity contribution in [3.05, 3.63) is 35.9 Å². The second-order valence-electron chi connectivity index (χ2n) is 6.15. The highest BCUT2D eigenvalue weighted by atomic mass is 35.5. The highest BCUT2D eigenvalue weighted by Gasteiger charge is 2.26. The molecular weight excluding hydrogens is 353 g/mol. The third kappa shape index (κ3) is 7.31. The van der Waals surface area contributed by atoms with Crippen LogP contribution in [0.15, 0.2) is 30.3 Å². The molecule has 1 aliphatic rings. The number of halogens is 2. The standard InChI is InChI=1S/C16H25N3OS.2ClH/c1-12(13-7-5-4-6-8-13)19-16(2,3)10-17-15(20)14-9-21-11-18-14;;/h4-8,12,14,18-19H,9-11H2,1-3H3,(H,17,20);2*1H. The Kier molecular flexibility index (Phi) is 10.2. The predicted octanol–water partition coefficient (Wildman–Crippen LogP) is 2.74. The van der Waals surface area contributed by atoms with E-state index in [2.05, 4.69) is 48.9 Å². The van der Waals surface area contributed by atoms with E-state index in [1.807, 2.05) is 18.2 Å². The van der Waals surface area contributed by atoms with Crippen LogP contribution in [0.5, 0.6) is 0 Å². The van der Waals surface area contributed by atoms with Gasteiger partial charge in [0.2, 0.25) is 5.91 Å². The van der Waals surface area contributed by atoms with Crippen LogP contribution >= 0.6 is 36.6 Å². The van der Waals surface area contributed by atoms with Gasteiger partial charge in [-0.25, -0.2) is 0 Å². The molecule has 0 radical (unpaired) electrons. The summed E-state index contributed by atoms with van der Waals surface area (Å²) in [6.07, 6.45) is 0. The molecule has 0 aliphatic carbocycles. The van der Waals surface area contributed by atoms with Gasteiger partial charge in [0.05, 0.1) is 6.04 Å². The first-order chi connectivity index (χ1) is 9.98. The van der Waals surface area contributed by atoms with Crippen LogP contribution in [0.3, 0.4) is 0 Å². The van der Waals surface area contributed by atoms with Gasteiger partial charge < -0.3 is 10.6 Å². The lowest BCUT2D eigenvalue weighted by molar-refractivity contribution is -0.122. The molecule has 1 aromatic rings. The van der Waals surface area contributed by atoms with Gasteiger partial charge in [-0.3, -0.25) is 10.1 Å². The van der Waals surface area contributed by atoms with Crippen molar-refractivity contribution in [1.29, 1.82) is 0 Å². The van der Waals surface area contributed by atoms with E-state index in [0.29, 0.717) is 6.54 Å². The summed E-state index contributed by atoms with van der Waals surface area (Å²) in [5.41, 5.74) is 1.10. The van der Waals surface area contributed by atoms with Gasteiger partial charge in [-0.05, 0) is 26.3 Å². The lowest BCUT2D eigenvalue weighted by Crippen LogP contribution is -2.52. The SMILES string of the molecule is CC(NC(C)(C)CNC(=O)C1CSCN1)c1ccccc1.Cl.Cl. The van der Waals surface area contributed by atoms with Gasteiger partial charge in [-0.2, -0.15) is 0 Å². The molecular formula is C16H27Cl2N3OS. The largest absolute Gasteiger partial charge is 0.353 e. The first-order valence-corrected chi connectivity index (χ1v) is 8.55. The zero-order valence-electron chi connectivity index (χ0n) is 13.8. The van der Waals surface area contributed by atoms with Crippen LogP contribution in [0.1, 0.15) is 32.4 Å². The van der Waals surface area contributed by atoms with Crippen molar-refractivity contribution in [3.8, 4) is 0 Å². The van der Waals surface area contributed by atoms with E-state index in [9.17, 15) is 4.79 Å². The number of hydrogen-bond donors (Lipinski definition) is 3. The summed E-state index contributed by atoms with van der Waals surface area (Å²) >= 11 is 1.76. The molecule has 0 saturated carbocycles. The van der Waals surface area contributed by atoms with Gasteiger partial charge in [0.15, 0.2) is 0 Å². The van der Waals surface area contributed by atoms with E-state index < -0.39 is 0 Å². The fraction of sp³-hybridized carbons (Fsp3) is 0.562. The van der Waals surface area contributed by atoms with E-state index in [1.54, 1.807) is 11.8 Å². The summed E-state index contributed by atoms with van der Waals surface area (Å²) in [6, 6.07) is 10.6. The normalized spacial score (nSPS) is 18.5. The Balaban J connectivity index is 0.00000242. The van der Waals surface area contributed by atoms with Gasteiger partial charge in [0, 0.05) is 29.8 Å². The minimum Gasteiger partial charge on any atom is -0.353 e.